The second-order valence-electron chi connectivity index (χ2n) is 3.97. The Kier molecular flexibility index (Phi) is 3.38. The summed E-state index contributed by atoms with van der Waals surface area (Å²) in [4.78, 5) is 14.4. The van der Waals surface area contributed by atoms with Crippen molar-refractivity contribution in [1.29, 1.82) is 0 Å². The summed E-state index contributed by atoms with van der Waals surface area (Å²) in [6.45, 7) is 2.25. The molecule has 0 aliphatic carbocycles. The Morgan fingerprint density at radius 1 is 1.44 bits per heavy atom. The molecule has 18 heavy (non-hydrogen) atoms. The first kappa shape index (κ1) is 12.3. The van der Waals surface area contributed by atoms with Gasteiger partial charge in [-0.2, -0.15) is 0 Å². The Bertz CT molecular complexity index is 578. The number of aromatic nitrogens is 1. The number of nitrogens with two attached hydrogens (primary N) is 1. The highest BCUT2D eigenvalue weighted by Crippen LogP contribution is 2.26. The third-order valence-corrected chi connectivity index (χ3v) is 2.47. The first-order valence-electron chi connectivity index (χ1n) is 5.51. The molecule has 0 fully saturated rings. The lowest BCUT2D eigenvalue weighted by Crippen LogP contribution is -2.02. The number of hydrogen-bond acceptors (Lipinski definition) is 5. The normalized spacial score (nSPS) is 10.6. The minimum absolute atomic E-state index is 0.0433. The number of nitro groups is 1. The van der Waals surface area contributed by atoms with E-state index in [9.17, 15) is 10.1 Å². The highest BCUT2D eigenvalue weighted by atomic mass is 16.6. The van der Waals surface area contributed by atoms with Gasteiger partial charge in [0.05, 0.1) is 11.1 Å². The third-order valence-electron chi connectivity index (χ3n) is 2.47. The molecule has 6 heteroatoms. The van der Waals surface area contributed by atoms with Crippen molar-refractivity contribution in [1.82, 2.24) is 4.98 Å². The smallest absolute Gasteiger partial charge is 0.270 e. The minimum atomic E-state index is -0.423. The summed E-state index contributed by atoms with van der Waals surface area (Å²) in [7, 11) is 0. The van der Waals surface area contributed by atoms with Gasteiger partial charge < -0.3 is 10.2 Å². The number of hydrogen-bond donors (Lipinski definition) is 1. The van der Waals surface area contributed by atoms with Crippen molar-refractivity contribution in [2.45, 2.75) is 13.3 Å². The number of rotatable bonds is 4. The van der Waals surface area contributed by atoms with E-state index in [0.29, 0.717) is 30.2 Å². The first-order chi connectivity index (χ1) is 8.60. The molecule has 0 saturated carbocycles. The maximum Gasteiger partial charge on any atom is 0.270 e. The van der Waals surface area contributed by atoms with Gasteiger partial charge in [-0.1, -0.05) is 0 Å². The number of aryl methyl sites for hydroxylation is 1. The second-order valence-corrected chi connectivity index (χ2v) is 3.97. The number of nitrogens with zero attached hydrogens (tertiary/aromatic N) is 2. The van der Waals surface area contributed by atoms with Crippen LogP contribution in [0.15, 0.2) is 28.8 Å². The van der Waals surface area contributed by atoms with Crippen LogP contribution in [0.2, 0.25) is 0 Å². The zero-order valence-electron chi connectivity index (χ0n) is 9.92. The summed E-state index contributed by atoms with van der Waals surface area (Å²) in [6, 6.07) is 4.81. The zero-order chi connectivity index (χ0) is 13.1. The molecule has 1 heterocycles. The fraction of sp³-hybridized carbons (Fsp3) is 0.250. The van der Waals surface area contributed by atoms with E-state index < -0.39 is 4.92 Å². The molecule has 0 bridgehead atoms. The van der Waals surface area contributed by atoms with Gasteiger partial charge in [0.25, 0.3) is 5.69 Å². The van der Waals surface area contributed by atoms with Crippen LogP contribution in [0, 0.1) is 17.0 Å². The van der Waals surface area contributed by atoms with Gasteiger partial charge in [-0.25, -0.2) is 4.98 Å². The second kappa shape index (κ2) is 4.97. The molecular weight excluding hydrogens is 234 g/mol. The largest absolute Gasteiger partial charge is 0.441 e. The lowest BCUT2D eigenvalue weighted by molar-refractivity contribution is -0.384. The maximum atomic E-state index is 10.8. The number of benzene rings is 1. The Balaban J connectivity index is 2.39. The Labute approximate surface area is 104 Å². The molecule has 0 aliphatic heterocycles. The average molecular weight is 247 g/mol. The molecule has 1 aromatic heterocycles. The highest BCUT2D eigenvalue weighted by molar-refractivity contribution is 5.61. The van der Waals surface area contributed by atoms with Gasteiger partial charge in [0.1, 0.15) is 0 Å². The summed E-state index contributed by atoms with van der Waals surface area (Å²) in [5.41, 5.74) is 6.90. The molecule has 0 spiro atoms. The van der Waals surface area contributed by atoms with Crippen molar-refractivity contribution in [3.8, 4) is 11.3 Å². The Morgan fingerprint density at radius 3 is 2.89 bits per heavy atom. The Hall–Kier alpha value is -2.21. The van der Waals surface area contributed by atoms with Gasteiger partial charge in [0, 0.05) is 30.7 Å². The standard InChI is InChI=1S/C12H13N3O3/c1-8-4-9(6-10(5-8)15(16)17)11-7-14-12(18-11)2-3-13/h4-7H,2-3,13H2,1H3. The van der Waals surface area contributed by atoms with Crippen LogP contribution in [0.1, 0.15) is 11.5 Å². The molecule has 0 radical (unpaired) electrons. The predicted octanol–water partition coefficient (Wildman–Crippen LogP) is 2.06. The summed E-state index contributed by atoms with van der Waals surface area (Å²) in [5.74, 6) is 1.06. The quantitative estimate of drug-likeness (QED) is 0.659. The molecule has 2 rings (SSSR count). The maximum absolute atomic E-state index is 10.8. The van der Waals surface area contributed by atoms with Crippen molar-refractivity contribution in [2.75, 3.05) is 6.54 Å². The highest BCUT2D eigenvalue weighted by Gasteiger charge is 2.12. The van der Waals surface area contributed by atoms with Crippen LogP contribution in [0.3, 0.4) is 0 Å². The molecule has 0 unspecified atom stereocenters. The van der Waals surface area contributed by atoms with Crippen molar-refractivity contribution in [3.63, 3.8) is 0 Å². The van der Waals surface area contributed by atoms with E-state index in [-0.39, 0.29) is 5.69 Å². The fourth-order valence-electron chi connectivity index (χ4n) is 1.69. The van der Waals surface area contributed by atoms with Crippen LogP contribution in [-0.4, -0.2) is 16.5 Å². The van der Waals surface area contributed by atoms with Crippen LogP contribution in [0.4, 0.5) is 5.69 Å². The SMILES string of the molecule is Cc1cc(-c2cnc(CCN)o2)cc([N+](=O)[O-])c1. The van der Waals surface area contributed by atoms with Gasteiger partial charge >= 0.3 is 0 Å². The summed E-state index contributed by atoms with van der Waals surface area (Å²) in [6.07, 6.45) is 2.11. The number of nitro benzene ring substituents is 1. The zero-order valence-corrected chi connectivity index (χ0v) is 9.92. The van der Waals surface area contributed by atoms with Crippen LogP contribution >= 0.6 is 0 Å². The lowest BCUT2D eigenvalue weighted by atomic mass is 10.1. The van der Waals surface area contributed by atoms with E-state index in [1.54, 1.807) is 13.1 Å². The van der Waals surface area contributed by atoms with Crippen LogP contribution in [-0.2, 0) is 6.42 Å². The predicted molar refractivity (Wildman–Crippen MR) is 66.1 cm³/mol. The summed E-state index contributed by atoms with van der Waals surface area (Å²) >= 11 is 0. The molecule has 94 valence electrons. The van der Waals surface area contributed by atoms with E-state index in [1.807, 2.05) is 6.07 Å². The van der Waals surface area contributed by atoms with Crippen molar-refractivity contribution in [3.05, 3.63) is 46.0 Å². The lowest BCUT2D eigenvalue weighted by Gasteiger charge is -1.99. The van der Waals surface area contributed by atoms with Gasteiger partial charge in [-0.05, 0) is 18.6 Å². The molecule has 0 saturated heterocycles. The van der Waals surface area contributed by atoms with E-state index in [2.05, 4.69) is 4.98 Å². The first-order valence-corrected chi connectivity index (χ1v) is 5.51. The fourth-order valence-corrected chi connectivity index (χ4v) is 1.69. The van der Waals surface area contributed by atoms with Crippen molar-refractivity contribution < 1.29 is 9.34 Å². The van der Waals surface area contributed by atoms with Crippen LogP contribution < -0.4 is 5.73 Å². The monoisotopic (exact) mass is 247 g/mol. The molecule has 6 nitrogen and oxygen atoms in total. The average Bonchev–Trinajstić information content (AvgIpc) is 2.77. The van der Waals surface area contributed by atoms with E-state index in [0.717, 1.165) is 5.56 Å². The number of oxazole rings is 1. The van der Waals surface area contributed by atoms with E-state index in [1.165, 1.54) is 12.1 Å². The summed E-state index contributed by atoms with van der Waals surface area (Å²) < 4.78 is 5.49. The molecule has 0 aliphatic rings. The van der Waals surface area contributed by atoms with Crippen molar-refractivity contribution >= 4 is 5.69 Å². The van der Waals surface area contributed by atoms with Crippen LogP contribution in [0.25, 0.3) is 11.3 Å². The van der Waals surface area contributed by atoms with Crippen LogP contribution in [0.5, 0.6) is 0 Å². The molecule has 0 atom stereocenters. The Morgan fingerprint density at radius 2 is 2.22 bits per heavy atom. The molecule has 2 aromatic rings. The van der Waals surface area contributed by atoms with Crippen molar-refractivity contribution in [2.24, 2.45) is 5.73 Å². The third kappa shape index (κ3) is 2.54. The van der Waals surface area contributed by atoms with E-state index in [4.69, 9.17) is 10.2 Å². The molecular formula is C12H13N3O3. The van der Waals surface area contributed by atoms with E-state index >= 15 is 0 Å². The summed E-state index contributed by atoms with van der Waals surface area (Å²) in [5, 5.41) is 10.8. The molecule has 2 N–H and O–H groups in total. The van der Waals surface area contributed by atoms with Gasteiger partial charge in [0.2, 0.25) is 0 Å². The minimum Gasteiger partial charge on any atom is -0.441 e. The van der Waals surface area contributed by atoms with Gasteiger partial charge in [0.15, 0.2) is 11.7 Å². The van der Waals surface area contributed by atoms with Gasteiger partial charge in [-0.15, -0.1) is 0 Å². The molecule has 1 aromatic carbocycles. The topological polar surface area (TPSA) is 95.2 Å². The number of non-ortho nitro benzene ring substituents is 1. The molecule has 0 amide bonds. The van der Waals surface area contributed by atoms with Gasteiger partial charge in [-0.3, -0.25) is 10.1 Å².